The maximum Gasteiger partial charge on any atom is 0.0579 e. The highest BCUT2D eigenvalue weighted by Gasteiger charge is 2.39. The molecule has 3 rings (SSSR count). The van der Waals surface area contributed by atoms with Gasteiger partial charge in [-0.2, -0.15) is 0 Å². The molecule has 1 aliphatic carbocycles. The van der Waals surface area contributed by atoms with Crippen LogP contribution in [0.1, 0.15) is 45.6 Å². The molecule has 112 valence electrons. The fourth-order valence-electron chi connectivity index (χ4n) is 4.18. The molecule has 1 saturated carbocycles. The molecule has 0 amide bonds. The molecule has 1 N–H and O–H groups in total. The van der Waals surface area contributed by atoms with Gasteiger partial charge in [0.15, 0.2) is 0 Å². The number of fused-ring (bicyclic) bond motifs is 1. The molecule has 3 atom stereocenters. The zero-order chi connectivity index (χ0) is 15.0. The molecular weight excluding hydrogens is 256 g/mol. The van der Waals surface area contributed by atoms with Gasteiger partial charge in [0.25, 0.3) is 0 Å². The third kappa shape index (κ3) is 2.60. The zero-order valence-corrected chi connectivity index (χ0v) is 13.3. The number of benzene rings is 2. The minimum Gasteiger partial charge on any atom is -0.393 e. The number of hydrogen-bond acceptors (Lipinski definition) is 1. The third-order valence-corrected chi connectivity index (χ3v) is 5.49. The summed E-state index contributed by atoms with van der Waals surface area (Å²) in [6.07, 6.45) is 3.12. The molecular formula is C20H26O. The molecule has 0 bridgehead atoms. The Bertz CT molecular complexity index is 623. The topological polar surface area (TPSA) is 20.2 Å². The largest absolute Gasteiger partial charge is 0.393 e. The maximum atomic E-state index is 10.6. The average molecular weight is 282 g/mol. The van der Waals surface area contributed by atoms with Crippen molar-refractivity contribution in [3.05, 3.63) is 48.0 Å². The lowest BCUT2D eigenvalue weighted by Crippen LogP contribution is -2.41. The fraction of sp³-hybridized carbons (Fsp3) is 0.500. The van der Waals surface area contributed by atoms with E-state index < -0.39 is 0 Å². The minimum absolute atomic E-state index is 0.000417. The van der Waals surface area contributed by atoms with Crippen LogP contribution in [0.2, 0.25) is 0 Å². The predicted octanol–water partition coefficient (Wildman–Crippen LogP) is 4.91. The van der Waals surface area contributed by atoms with Crippen LogP contribution in [0, 0.1) is 11.8 Å². The van der Waals surface area contributed by atoms with Gasteiger partial charge in [0.05, 0.1) is 6.10 Å². The van der Waals surface area contributed by atoms with Crippen molar-refractivity contribution in [1.82, 2.24) is 0 Å². The second kappa shape index (κ2) is 5.46. The SMILES string of the molecule is CC1CCC(C(C)(C)c2cccc3ccccc23)C(O)C1. The lowest BCUT2D eigenvalue weighted by atomic mass is 9.64. The molecule has 0 radical (unpaired) electrons. The first-order valence-corrected chi connectivity index (χ1v) is 8.16. The van der Waals surface area contributed by atoms with Crippen molar-refractivity contribution in [2.75, 3.05) is 0 Å². The Hall–Kier alpha value is -1.34. The molecule has 2 aromatic carbocycles. The number of aliphatic hydroxyl groups is 1. The highest BCUT2D eigenvalue weighted by Crippen LogP contribution is 2.44. The van der Waals surface area contributed by atoms with Crippen LogP contribution in [-0.2, 0) is 5.41 Å². The molecule has 1 fully saturated rings. The highest BCUT2D eigenvalue weighted by molar-refractivity contribution is 5.86. The van der Waals surface area contributed by atoms with Crippen LogP contribution >= 0.6 is 0 Å². The first-order chi connectivity index (χ1) is 10.00. The molecule has 1 aliphatic rings. The van der Waals surface area contributed by atoms with Gasteiger partial charge in [-0.25, -0.2) is 0 Å². The lowest BCUT2D eigenvalue weighted by molar-refractivity contribution is 0.0147. The van der Waals surface area contributed by atoms with Crippen molar-refractivity contribution in [2.24, 2.45) is 11.8 Å². The van der Waals surface area contributed by atoms with E-state index in [1.54, 1.807) is 0 Å². The van der Waals surface area contributed by atoms with Crippen LogP contribution in [0.3, 0.4) is 0 Å². The summed E-state index contributed by atoms with van der Waals surface area (Å²) in [5.74, 6) is 0.999. The van der Waals surface area contributed by atoms with Gasteiger partial charge >= 0.3 is 0 Å². The van der Waals surface area contributed by atoms with E-state index in [0.29, 0.717) is 11.8 Å². The molecule has 0 spiro atoms. The Labute approximate surface area is 128 Å². The van der Waals surface area contributed by atoms with E-state index in [9.17, 15) is 5.11 Å². The Morgan fingerprint density at radius 1 is 1.00 bits per heavy atom. The molecule has 3 unspecified atom stereocenters. The number of rotatable bonds is 2. The van der Waals surface area contributed by atoms with Crippen LogP contribution in [0.4, 0.5) is 0 Å². The molecule has 0 heterocycles. The Kier molecular flexibility index (Phi) is 3.79. The second-order valence-corrected chi connectivity index (χ2v) is 7.34. The maximum absolute atomic E-state index is 10.6. The molecule has 0 saturated heterocycles. The van der Waals surface area contributed by atoms with Gasteiger partial charge in [0.1, 0.15) is 0 Å². The molecule has 0 aromatic heterocycles. The lowest BCUT2D eigenvalue weighted by Gasteiger charge is -2.43. The van der Waals surface area contributed by atoms with E-state index in [-0.39, 0.29) is 11.5 Å². The van der Waals surface area contributed by atoms with Crippen LogP contribution in [0.15, 0.2) is 42.5 Å². The van der Waals surface area contributed by atoms with Gasteiger partial charge in [-0.15, -0.1) is 0 Å². The molecule has 1 heteroatoms. The van der Waals surface area contributed by atoms with Gasteiger partial charge in [-0.05, 0) is 46.4 Å². The van der Waals surface area contributed by atoms with E-state index >= 15 is 0 Å². The quantitative estimate of drug-likeness (QED) is 0.829. The first kappa shape index (κ1) is 14.6. The summed E-state index contributed by atoms with van der Waals surface area (Å²) in [4.78, 5) is 0. The molecule has 1 nitrogen and oxygen atoms in total. The van der Waals surface area contributed by atoms with Crippen molar-refractivity contribution in [3.8, 4) is 0 Å². The van der Waals surface area contributed by atoms with Gasteiger partial charge in [-0.1, -0.05) is 69.7 Å². The van der Waals surface area contributed by atoms with Crippen molar-refractivity contribution in [3.63, 3.8) is 0 Å². The van der Waals surface area contributed by atoms with Gasteiger partial charge in [0.2, 0.25) is 0 Å². The minimum atomic E-state index is -0.178. The van der Waals surface area contributed by atoms with Crippen molar-refractivity contribution in [2.45, 2.75) is 51.6 Å². The highest BCUT2D eigenvalue weighted by atomic mass is 16.3. The van der Waals surface area contributed by atoms with E-state index in [1.807, 2.05) is 0 Å². The summed E-state index contributed by atoms with van der Waals surface area (Å²) in [5, 5.41) is 13.2. The van der Waals surface area contributed by atoms with Crippen molar-refractivity contribution < 1.29 is 5.11 Å². The monoisotopic (exact) mass is 282 g/mol. The van der Waals surface area contributed by atoms with E-state index in [2.05, 4.69) is 63.2 Å². The fourth-order valence-corrected chi connectivity index (χ4v) is 4.18. The van der Waals surface area contributed by atoms with Crippen LogP contribution in [0.5, 0.6) is 0 Å². The van der Waals surface area contributed by atoms with Gasteiger partial charge < -0.3 is 5.11 Å². The Morgan fingerprint density at radius 3 is 2.48 bits per heavy atom. The average Bonchev–Trinajstić information content (AvgIpc) is 2.46. The summed E-state index contributed by atoms with van der Waals surface area (Å²) >= 11 is 0. The molecule has 0 aliphatic heterocycles. The van der Waals surface area contributed by atoms with Crippen LogP contribution in [-0.4, -0.2) is 11.2 Å². The second-order valence-electron chi connectivity index (χ2n) is 7.34. The van der Waals surface area contributed by atoms with Crippen LogP contribution < -0.4 is 0 Å². The molecule has 2 aromatic rings. The third-order valence-electron chi connectivity index (χ3n) is 5.49. The van der Waals surface area contributed by atoms with Crippen molar-refractivity contribution >= 4 is 10.8 Å². The normalized spacial score (nSPS) is 27.0. The Balaban J connectivity index is 2.04. The van der Waals surface area contributed by atoms with Crippen molar-refractivity contribution in [1.29, 1.82) is 0 Å². The summed E-state index contributed by atoms with van der Waals surface area (Å²) < 4.78 is 0. The zero-order valence-electron chi connectivity index (χ0n) is 13.3. The number of aliphatic hydroxyl groups excluding tert-OH is 1. The summed E-state index contributed by atoms with van der Waals surface area (Å²) in [6, 6.07) is 15.2. The summed E-state index contributed by atoms with van der Waals surface area (Å²) in [6.45, 7) is 6.86. The smallest absolute Gasteiger partial charge is 0.0579 e. The Morgan fingerprint density at radius 2 is 1.71 bits per heavy atom. The number of hydrogen-bond donors (Lipinski definition) is 1. The van der Waals surface area contributed by atoms with E-state index in [0.717, 1.165) is 12.8 Å². The van der Waals surface area contributed by atoms with Gasteiger partial charge in [-0.3, -0.25) is 0 Å². The summed E-state index contributed by atoms with van der Waals surface area (Å²) in [7, 11) is 0. The van der Waals surface area contributed by atoms with Gasteiger partial charge in [0, 0.05) is 0 Å². The standard InChI is InChI=1S/C20H26O/c1-14-11-12-18(19(21)13-14)20(2,3)17-10-6-8-15-7-4-5-9-16(15)17/h4-10,14,18-19,21H,11-13H2,1-3H3. The van der Waals surface area contributed by atoms with E-state index in [1.165, 1.54) is 22.8 Å². The first-order valence-electron chi connectivity index (χ1n) is 8.16. The summed E-state index contributed by atoms with van der Waals surface area (Å²) in [5.41, 5.74) is 1.37. The van der Waals surface area contributed by atoms with Crippen LogP contribution in [0.25, 0.3) is 10.8 Å². The molecule has 21 heavy (non-hydrogen) atoms. The van der Waals surface area contributed by atoms with E-state index in [4.69, 9.17) is 0 Å². The predicted molar refractivity (Wildman–Crippen MR) is 89.5 cm³/mol.